The molecule has 8 nitrogen and oxygen atoms in total. The fourth-order valence-electron chi connectivity index (χ4n) is 3.72. The minimum atomic E-state index is -0.157. The molecule has 2 N–H and O–H groups in total. The van der Waals surface area contributed by atoms with E-state index in [1.165, 1.54) is 11.3 Å². The summed E-state index contributed by atoms with van der Waals surface area (Å²) < 4.78 is 1.76. The molecule has 144 valence electrons. The third-order valence-electron chi connectivity index (χ3n) is 5.28. The normalized spacial score (nSPS) is 17.1. The largest absolute Gasteiger partial charge is 0.369 e. The second-order valence-electron chi connectivity index (χ2n) is 7.08. The van der Waals surface area contributed by atoms with E-state index in [4.69, 9.17) is 0 Å². The predicted octanol–water partition coefficient (Wildman–Crippen LogP) is -0.0242. The number of nitrogens with one attached hydrogen (secondary N) is 2. The summed E-state index contributed by atoms with van der Waals surface area (Å²) in [6, 6.07) is 8.46. The molecule has 4 rings (SSSR count). The van der Waals surface area contributed by atoms with Crippen molar-refractivity contribution >= 4 is 11.6 Å². The minimum Gasteiger partial charge on any atom is -0.369 e. The van der Waals surface area contributed by atoms with Crippen molar-refractivity contribution in [2.45, 2.75) is 13.0 Å². The number of hydrogen-bond acceptors (Lipinski definition) is 6. The molecule has 1 saturated heterocycles. The molecule has 2 aliphatic rings. The summed E-state index contributed by atoms with van der Waals surface area (Å²) in [7, 11) is 0. The van der Waals surface area contributed by atoms with Crippen molar-refractivity contribution in [2.75, 3.05) is 57.3 Å². The minimum absolute atomic E-state index is 0.157. The Morgan fingerprint density at radius 2 is 1.96 bits per heavy atom. The molecule has 0 aliphatic carbocycles. The summed E-state index contributed by atoms with van der Waals surface area (Å²) >= 11 is 0. The topological polar surface area (TPSA) is 78.3 Å². The van der Waals surface area contributed by atoms with Gasteiger partial charge in [0.05, 0.1) is 12.7 Å². The second kappa shape index (κ2) is 8.49. The summed E-state index contributed by atoms with van der Waals surface area (Å²) in [5, 5.41) is 14.4. The van der Waals surface area contributed by atoms with E-state index in [0.29, 0.717) is 12.2 Å². The highest BCUT2D eigenvalue weighted by Crippen LogP contribution is 2.26. The van der Waals surface area contributed by atoms with Crippen molar-refractivity contribution in [3.05, 3.63) is 41.7 Å². The van der Waals surface area contributed by atoms with Crippen molar-refractivity contribution in [1.29, 1.82) is 0 Å². The predicted molar refractivity (Wildman–Crippen MR) is 104 cm³/mol. The van der Waals surface area contributed by atoms with E-state index in [1.807, 2.05) is 0 Å². The molecule has 1 aromatic carbocycles. The molecular weight excluding hydrogens is 342 g/mol. The molecule has 27 heavy (non-hydrogen) atoms. The molecule has 1 aromatic heterocycles. The zero-order chi connectivity index (χ0) is 18.5. The number of rotatable bonds is 7. The lowest BCUT2D eigenvalue weighted by Crippen LogP contribution is -2.44. The summed E-state index contributed by atoms with van der Waals surface area (Å²) in [5.41, 5.74) is 3.05. The molecule has 0 spiro atoms. The lowest BCUT2D eigenvalue weighted by Gasteiger charge is -2.26. The number of carbonyl (C=O) groups excluding carboxylic acids is 1. The SMILES string of the molecule is O=C(NCCN1CCc2ccccc21)c1cn(CCN2CCNCC2)nn1. The van der Waals surface area contributed by atoms with Crippen molar-refractivity contribution in [3.8, 4) is 0 Å². The first-order valence-corrected chi connectivity index (χ1v) is 9.74. The van der Waals surface area contributed by atoms with E-state index in [-0.39, 0.29) is 5.91 Å². The first kappa shape index (κ1) is 17.9. The average molecular weight is 369 g/mol. The summed E-state index contributed by atoms with van der Waals surface area (Å²) in [6.45, 7) is 8.28. The van der Waals surface area contributed by atoms with Gasteiger partial charge in [-0.15, -0.1) is 5.10 Å². The second-order valence-corrected chi connectivity index (χ2v) is 7.08. The third-order valence-corrected chi connectivity index (χ3v) is 5.28. The van der Waals surface area contributed by atoms with E-state index in [2.05, 4.69) is 55.0 Å². The van der Waals surface area contributed by atoms with Gasteiger partial charge in [-0.3, -0.25) is 14.4 Å². The first-order valence-electron chi connectivity index (χ1n) is 9.74. The molecule has 0 atom stereocenters. The Balaban J connectivity index is 1.21. The van der Waals surface area contributed by atoms with E-state index < -0.39 is 0 Å². The molecule has 2 aliphatic heterocycles. The van der Waals surface area contributed by atoms with Gasteiger partial charge >= 0.3 is 0 Å². The van der Waals surface area contributed by atoms with Gasteiger partial charge in [0.25, 0.3) is 5.91 Å². The van der Waals surface area contributed by atoms with Crippen LogP contribution >= 0.6 is 0 Å². The molecule has 0 bridgehead atoms. The number of piperazine rings is 1. The molecule has 3 heterocycles. The number of hydrogen-bond donors (Lipinski definition) is 2. The maximum atomic E-state index is 12.3. The Hall–Kier alpha value is -2.45. The standard InChI is InChI=1S/C19H27N7O/c27-19(21-8-12-25-9-5-16-3-1-2-4-18(16)25)17-15-26(23-22-17)14-13-24-10-6-20-7-11-24/h1-4,15,20H,5-14H2,(H,21,27). The Bertz CT molecular complexity index is 769. The maximum Gasteiger partial charge on any atom is 0.273 e. The fraction of sp³-hybridized carbons (Fsp3) is 0.526. The van der Waals surface area contributed by atoms with Crippen molar-refractivity contribution < 1.29 is 4.79 Å². The van der Waals surface area contributed by atoms with Crippen LogP contribution in [0, 0.1) is 0 Å². The lowest BCUT2D eigenvalue weighted by atomic mass is 10.2. The molecule has 0 saturated carbocycles. The highest BCUT2D eigenvalue weighted by atomic mass is 16.2. The molecular formula is C19H27N7O. The van der Waals surface area contributed by atoms with Gasteiger partial charge in [-0.25, -0.2) is 0 Å². The molecule has 2 aromatic rings. The smallest absolute Gasteiger partial charge is 0.273 e. The Morgan fingerprint density at radius 1 is 1.11 bits per heavy atom. The lowest BCUT2D eigenvalue weighted by molar-refractivity contribution is 0.0949. The highest BCUT2D eigenvalue weighted by molar-refractivity contribution is 5.91. The van der Waals surface area contributed by atoms with E-state index in [9.17, 15) is 4.79 Å². The maximum absolute atomic E-state index is 12.3. The van der Waals surface area contributed by atoms with Crippen LogP contribution in [0.4, 0.5) is 5.69 Å². The van der Waals surface area contributed by atoms with Gasteiger partial charge in [0.15, 0.2) is 5.69 Å². The van der Waals surface area contributed by atoms with Gasteiger partial charge in [0.2, 0.25) is 0 Å². The van der Waals surface area contributed by atoms with Crippen LogP contribution in [0.25, 0.3) is 0 Å². The quantitative estimate of drug-likeness (QED) is 0.714. The van der Waals surface area contributed by atoms with Crippen LogP contribution in [0.3, 0.4) is 0 Å². The fourth-order valence-corrected chi connectivity index (χ4v) is 3.72. The Labute approximate surface area is 159 Å². The highest BCUT2D eigenvalue weighted by Gasteiger charge is 2.18. The number of aromatic nitrogens is 3. The number of benzene rings is 1. The van der Waals surface area contributed by atoms with Gasteiger partial charge in [-0.2, -0.15) is 0 Å². The Morgan fingerprint density at radius 3 is 2.85 bits per heavy atom. The van der Waals surface area contributed by atoms with Crippen molar-refractivity contribution in [3.63, 3.8) is 0 Å². The number of anilines is 1. The number of fused-ring (bicyclic) bond motifs is 1. The van der Waals surface area contributed by atoms with E-state index in [1.54, 1.807) is 10.9 Å². The van der Waals surface area contributed by atoms with E-state index in [0.717, 1.165) is 58.8 Å². The molecule has 1 amide bonds. The summed E-state index contributed by atoms with van der Waals surface area (Å²) in [6.07, 6.45) is 2.81. The molecule has 0 radical (unpaired) electrons. The van der Waals surface area contributed by atoms with Crippen LogP contribution in [-0.2, 0) is 13.0 Å². The average Bonchev–Trinajstić information content (AvgIpc) is 3.35. The van der Waals surface area contributed by atoms with Gasteiger partial charge in [-0.05, 0) is 18.1 Å². The van der Waals surface area contributed by atoms with Crippen LogP contribution in [-0.4, -0.2) is 78.2 Å². The molecule has 0 unspecified atom stereocenters. The van der Waals surface area contributed by atoms with Gasteiger partial charge in [0.1, 0.15) is 0 Å². The monoisotopic (exact) mass is 369 g/mol. The molecule has 8 heteroatoms. The first-order chi connectivity index (χ1) is 13.3. The van der Waals surface area contributed by atoms with Crippen LogP contribution in [0.1, 0.15) is 16.1 Å². The van der Waals surface area contributed by atoms with Crippen LogP contribution in [0.2, 0.25) is 0 Å². The zero-order valence-electron chi connectivity index (χ0n) is 15.6. The third kappa shape index (κ3) is 4.45. The van der Waals surface area contributed by atoms with Gasteiger partial charge in [0, 0.05) is 58.0 Å². The van der Waals surface area contributed by atoms with Crippen LogP contribution in [0.15, 0.2) is 30.5 Å². The number of carbonyl (C=O) groups is 1. The van der Waals surface area contributed by atoms with Crippen LogP contribution in [0.5, 0.6) is 0 Å². The molecule has 1 fully saturated rings. The van der Waals surface area contributed by atoms with Gasteiger partial charge in [-0.1, -0.05) is 23.4 Å². The Kier molecular flexibility index (Phi) is 5.64. The number of nitrogens with zero attached hydrogens (tertiary/aromatic N) is 5. The van der Waals surface area contributed by atoms with E-state index >= 15 is 0 Å². The zero-order valence-corrected chi connectivity index (χ0v) is 15.6. The van der Waals surface area contributed by atoms with Crippen molar-refractivity contribution in [1.82, 2.24) is 30.5 Å². The number of para-hydroxylation sites is 1. The summed E-state index contributed by atoms with van der Waals surface area (Å²) in [5.74, 6) is -0.157. The number of amides is 1. The van der Waals surface area contributed by atoms with Crippen LogP contribution < -0.4 is 15.5 Å². The summed E-state index contributed by atoms with van der Waals surface area (Å²) in [4.78, 5) is 17.0. The van der Waals surface area contributed by atoms with Crippen molar-refractivity contribution in [2.24, 2.45) is 0 Å². The van der Waals surface area contributed by atoms with Gasteiger partial charge < -0.3 is 15.5 Å².